The van der Waals surface area contributed by atoms with Crippen LogP contribution in [0.4, 0.5) is 10.5 Å². The van der Waals surface area contributed by atoms with Crippen molar-refractivity contribution in [3.05, 3.63) is 53.6 Å². The second kappa shape index (κ2) is 6.78. The van der Waals surface area contributed by atoms with Gasteiger partial charge in [0.15, 0.2) is 0 Å². The number of methoxy groups -OCH3 is 1. The van der Waals surface area contributed by atoms with Crippen LogP contribution < -0.4 is 10.6 Å². The molecule has 1 aromatic heterocycles. The fourth-order valence-corrected chi connectivity index (χ4v) is 2.14. The molecule has 8 nitrogen and oxygen atoms in total. The molecule has 3 aromatic rings. The molecule has 0 aliphatic carbocycles. The van der Waals surface area contributed by atoms with E-state index in [-0.39, 0.29) is 5.91 Å². The number of nitrogens with zero attached hydrogens (tertiary/aromatic N) is 2. The average Bonchev–Trinajstić information content (AvgIpc) is 3.08. The Bertz CT molecular complexity index is 873. The number of ether oxygens (including phenoxy) is 1. The van der Waals surface area contributed by atoms with Crippen LogP contribution in [0.5, 0.6) is 0 Å². The van der Waals surface area contributed by atoms with Crippen LogP contribution in [-0.2, 0) is 11.3 Å². The van der Waals surface area contributed by atoms with Gasteiger partial charge in [0, 0.05) is 17.8 Å². The van der Waals surface area contributed by atoms with Crippen LogP contribution in [0.3, 0.4) is 0 Å². The molecule has 0 spiro atoms. The fraction of sp³-hybridized carbons (Fsp3) is 0.125. The molecule has 0 aliphatic heterocycles. The van der Waals surface area contributed by atoms with Crippen molar-refractivity contribution in [1.82, 2.24) is 20.7 Å². The highest BCUT2D eigenvalue weighted by Gasteiger charge is 2.08. The van der Waals surface area contributed by atoms with Gasteiger partial charge in [-0.25, -0.2) is 4.79 Å². The molecule has 0 aliphatic rings. The quantitative estimate of drug-likeness (QED) is 0.680. The fourth-order valence-electron chi connectivity index (χ4n) is 2.14. The van der Waals surface area contributed by atoms with Gasteiger partial charge in [0.05, 0.1) is 7.11 Å². The number of rotatable bonds is 4. The van der Waals surface area contributed by atoms with Gasteiger partial charge < -0.3 is 10.1 Å². The summed E-state index contributed by atoms with van der Waals surface area (Å²) < 4.78 is 4.52. The summed E-state index contributed by atoms with van der Waals surface area (Å²) in [5.74, 6) is -0.198. The number of aromatic nitrogens is 3. The van der Waals surface area contributed by atoms with E-state index in [0.717, 1.165) is 5.56 Å². The van der Waals surface area contributed by atoms with E-state index in [1.54, 1.807) is 30.3 Å². The van der Waals surface area contributed by atoms with Gasteiger partial charge >= 0.3 is 6.09 Å². The Labute approximate surface area is 137 Å². The van der Waals surface area contributed by atoms with E-state index in [1.165, 1.54) is 7.11 Å². The van der Waals surface area contributed by atoms with Crippen molar-refractivity contribution in [1.29, 1.82) is 0 Å². The molecular formula is C16H15N5O3. The van der Waals surface area contributed by atoms with Crippen LogP contribution in [0.25, 0.3) is 11.0 Å². The van der Waals surface area contributed by atoms with Gasteiger partial charge in [0.1, 0.15) is 11.0 Å². The van der Waals surface area contributed by atoms with Crippen molar-refractivity contribution in [2.45, 2.75) is 6.54 Å². The molecule has 24 heavy (non-hydrogen) atoms. The number of carbonyl (C=O) groups excluding carboxylic acids is 2. The molecule has 1 heterocycles. The third kappa shape index (κ3) is 3.49. The summed E-state index contributed by atoms with van der Waals surface area (Å²) in [7, 11) is 1.30. The first kappa shape index (κ1) is 15.5. The van der Waals surface area contributed by atoms with Crippen LogP contribution in [0.1, 0.15) is 15.9 Å². The molecule has 2 amide bonds. The molecule has 0 fully saturated rings. The summed E-state index contributed by atoms with van der Waals surface area (Å²) in [4.78, 5) is 23.3. The van der Waals surface area contributed by atoms with Crippen LogP contribution in [0, 0.1) is 0 Å². The van der Waals surface area contributed by atoms with Gasteiger partial charge in [-0.15, -0.1) is 0 Å². The number of nitrogens with one attached hydrogen (secondary N) is 3. The topological polar surface area (TPSA) is 109 Å². The molecule has 2 aromatic carbocycles. The first-order chi connectivity index (χ1) is 11.7. The number of hydrogen-bond donors (Lipinski definition) is 3. The summed E-state index contributed by atoms with van der Waals surface area (Å²) in [6.07, 6.45) is -0.528. The largest absolute Gasteiger partial charge is 0.453 e. The van der Waals surface area contributed by atoms with Crippen LogP contribution in [-0.4, -0.2) is 34.5 Å². The van der Waals surface area contributed by atoms with Gasteiger partial charge in [-0.05, 0) is 35.9 Å². The summed E-state index contributed by atoms with van der Waals surface area (Å²) >= 11 is 0. The van der Waals surface area contributed by atoms with Gasteiger partial charge in [0.25, 0.3) is 5.91 Å². The van der Waals surface area contributed by atoms with E-state index in [1.807, 2.05) is 12.1 Å². The van der Waals surface area contributed by atoms with E-state index in [2.05, 4.69) is 30.8 Å². The number of amides is 2. The first-order valence-electron chi connectivity index (χ1n) is 7.18. The number of aromatic amines is 1. The summed E-state index contributed by atoms with van der Waals surface area (Å²) in [6, 6.07) is 12.2. The second-order valence-corrected chi connectivity index (χ2v) is 5.02. The predicted molar refractivity (Wildman–Crippen MR) is 87.5 cm³/mol. The van der Waals surface area contributed by atoms with Crippen molar-refractivity contribution < 1.29 is 14.3 Å². The molecule has 0 saturated heterocycles. The van der Waals surface area contributed by atoms with Crippen LogP contribution in [0.2, 0.25) is 0 Å². The third-order valence-corrected chi connectivity index (χ3v) is 3.42. The molecule has 0 radical (unpaired) electrons. The van der Waals surface area contributed by atoms with E-state index < -0.39 is 6.09 Å². The van der Waals surface area contributed by atoms with Crippen molar-refractivity contribution in [3.63, 3.8) is 0 Å². The maximum absolute atomic E-state index is 12.2. The Morgan fingerprint density at radius 2 is 1.83 bits per heavy atom. The predicted octanol–water partition coefficient (Wildman–Crippen LogP) is 2.07. The standard InChI is InChI=1S/C16H15N5O3/c1-24-16(23)18-12-5-2-10(3-6-12)9-17-15(22)11-4-7-13-14(8-11)20-21-19-13/h2-8H,9H2,1H3,(H,17,22)(H,18,23)(H,19,20,21). The lowest BCUT2D eigenvalue weighted by Crippen LogP contribution is -2.22. The molecule has 3 N–H and O–H groups in total. The Balaban J connectivity index is 1.60. The maximum Gasteiger partial charge on any atom is 0.411 e. The van der Waals surface area contributed by atoms with Crippen LogP contribution in [0.15, 0.2) is 42.5 Å². The van der Waals surface area contributed by atoms with Crippen LogP contribution >= 0.6 is 0 Å². The van der Waals surface area contributed by atoms with Crippen molar-refractivity contribution in [3.8, 4) is 0 Å². The monoisotopic (exact) mass is 325 g/mol. The molecule has 0 saturated carbocycles. The molecule has 3 rings (SSSR count). The normalized spacial score (nSPS) is 10.4. The summed E-state index contributed by atoms with van der Waals surface area (Å²) in [5.41, 5.74) is 3.39. The highest BCUT2D eigenvalue weighted by Crippen LogP contribution is 2.12. The van der Waals surface area contributed by atoms with E-state index in [0.29, 0.717) is 28.8 Å². The summed E-state index contributed by atoms with van der Waals surface area (Å²) in [5, 5.41) is 15.8. The lowest BCUT2D eigenvalue weighted by atomic mass is 10.1. The molecule has 122 valence electrons. The molecule has 8 heteroatoms. The second-order valence-electron chi connectivity index (χ2n) is 5.02. The molecule has 0 atom stereocenters. The third-order valence-electron chi connectivity index (χ3n) is 3.42. The SMILES string of the molecule is COC(=O)Nc1ccc(CNC(=O)c2ccc3n[nH]nc3c2)cc1. The number of fused-ring (bicyclic) bond motifs is 1. The van der Waals surface area contributed by atoms with Gasteiger partial charge in [-0.1, -0.05) is 12.1 Å². The Kier molecular flexibility index (Phi) is 4.37. The number of hydrogen-bond acceptors (Lipinski definition) is 5. The maximum atomic E-state index is 12.2. The minimum Gasteiger partial charge on any atom is -0.453 e. The number of carbonyl (C=O) groups is 2. The average molecular weight is 325 g/mol. The molecule has 0 bridgehead atoms. The highest BCUT2D eigenvalue weighted by atomic mass is 16.5. The molecular weight excluding hydrogens is 310 g/mol. The minimum absolute atomic E-state index is 0.198. The lowest BCUT2D eigenvalue weighted by molar-refractivity contribution is 0.0951. The van der Waals surface area contributed by atoms with Crippen molar-refractivity contribution in [2.75, 3.05) is 12.4 Å². The minimum atomic E-state index is -0.528. The zero-order valence-corrected chi connectivity index (χ0v) is 12.9. The highest BCUT2D eigenvalue weighted by molar-refractivity contribution is 5.97. The number of H-pyrrole nitrogens is 1. The van der Waals surface area contributed by atoms with Gasteiger partial charge in [-0.2, -0.15) is 15.4 Å². The Hall–Kier alpha value is -3.42. The van der Waals surface area contributed by atoms with E-state index in [9.17, 15) is 9.59 Å². The number of benzene rings is 2. The van der Waals surface area contributed by atoms with Crippen molar-refractivity contribution >= 4 is 28.7 Å². The first-order valence-corrected chi connectivity index (χ1v) is 7.18. The van der Waals surface area contributed by atoms with E-state index in [4.69, 9.17) is 0 Å². The zero-order valence-electron chi connectivity index (χ0n) is 12.9. The Morgan fingerprint density at radius 3 is 2.58 bits per heavy atom. The Morgan fingerprint density at radius 1 is 1.08 bits per heavy atom. The van der Waals surface area contributed by atoms with Crippen molar-refractivity contribution in [2.24, 2.45) is 0 Å². The molecule has 0 unspecified atom stereocenters. The van der Waals surface area contributed by atoms with Gasteiger partial charge in [-0.3, -0.25) is 10.1 Å². The smallest absolute Gasteiger partial charge is 0.411 e. The zero-order chi connectivity index (χ0) is 16.9. The number of anilines is 1. The van der Waals surface area contributed by atoms with E-state index >= 15 is 0 Å². The lowest BCUT2D eigenvalue weighted by Gasteiger charge is -2.07. The van der Waals surface area contributed by atoms with Gasteiger partial charge in [0.2, 0.25) is 0 Å². The summed E-state index contributed by atoms with van der Waals surface area (Å²) in [6.45, 7) is 0.369.